The predicted molar refractivity (Wildman–Crippen MR) is 106 cm³/mol. The van der Waals surface area contributed by atoms with Crippen molar-refractivity contribution in [2.75, 3.05) is 0 Å². The van der Waals surface area contributed by atoms with Gasteiger partial charge in [-0.3, -0.25) is 4.79 Å². The fraction of sp³-hybridized carbons (Fsp3) is 0.476. The van der Waals surface area contributed by atoms with E-state index in [-0.39, 0.29) is 0 Å². The molecule has 1 amide bonds. The Kier molecular flexibility index (Phi) is 7.20. The summed E-state index contributed by atoms with van der Waals surface area (Å²) < 4.78 is 11.1. The molecule has 28 heavy (non-hydrogen) atoms. The molecule has 0 radical (unpaired) electrons. The van der Waals surface area contributed by atoms with Gasteiger partial charge in [0.15, 0.2) is 6.10 Å². The number of unbranched alkanes of at least 4 members (excludes halogenated alkanes) is 1. The second-order valence-corrected chi connectivity index (χ2v) is 6.81. The molecule has 0 aliphatic heterocycles. The molecule has 0 fully saturated rings. The van der Waals surface area contributed by atoms with E-state index < -0.39 is 29.6 Å². The Morgan fingerprint density at radius 3 is 2.61 bits per heavy atom. The van der Waals surface area contributed by atoms with Crippen molar-refractivity contribution in [3.05, 3.63) is 39.7 Å². The number of amides is 1. The summed E-state index contributed by atoms with van der Waals surface area (Å²) in [5.41, 5.74) is 1.49. The quantitative estimate of drug-likeness (QED) is 0.638. The van der Waals surface area contributed by atoms with Crippen LogP contribution in [0.25, 0.3) is 11.0 Å². The number of carboxylic acid groups (broad SMARTS) is 1. The third kappa shape index (κ3) is 4.91. The highest BCUT2D eigenvalue weighted by atomic mass is 16.5. The van der Waals surface area contributed by atoms with Crippen molar-refractivity contribution in [2.45, 2.75) is 65.5 Å². The highest BCUT2D eigenvalue weighted by Gasteiger charge is 2.24. The minimum absolute atomic E-state index is 0.365. The van der Waals surface area contributed by atoms with Gasteiger partial charge in [-0.2, -0.15) is 0 Å². The predicted octanol–water partition coefficient (Wildman–Crippen LogP) is 3.19. The summed E-state index contributed by atoms with van der Waals surface area (Å²) in [6.45, 7) is 7.22. The van der Waals surface area contributed by atoms with Gasteiger partial charge in [0, 0.05) is 17.0 Å². The Balaban J connectivity index is 2.21. The van der Waals surface area contributed by atoms with Crippen LogP contribution in [0.4, 0.5) is 0 Å². The van der Waals surface area contributed by atoms with Crippen LogP contribution in [0, 0.1) is 6.92 Å². The largest absolute Gasteiger partial charge is 0.480 e. The third-order valence-electron chi connectivity index (χ3n) is 4.71. The number of carbonyl (C=O) groups is 2. The summed E-state index contributed by atoms with van der Waals surface area (Å²) in [5.74, 6) is -1.16. The van der Waals surface area contributed by atoms with E-state index in [0.29, 0.717) is 36.2 Å². The molecule has 2 aromatic rings. The SMILES string of the molecule is CCCC[C@H](NC(=O)[C@H](C)Oc1ccc2c(CC)cc(=O)oc2c1C)C(=O)O. The molecule has 0 bridgehead atoms. The first-order chi connectivity index (χ1) is 13.3. The van der Waals surface area contributed by atoms with E-state index >= 15 is 0 Å². The van der Waals surface area contributed by atoms with Gasteiger partial charge in [-0.05, 0) is 44.4 Å². The van der Waals surface area contributed by atoms with E-state index in [0.717, 1.165) is 17.4 Å². The first-order valence-corrected chi connectivity index (χ1v) is 9.54. The lowest BCUT2D eigenvalue weighted by Crippen LogP contribution is -2.46. The van der Waals surface area contributed by atoms with Gasteiger partial charge in [-0.15, -0.1) is 0 Å². The van der Waals surface area contributed by atoms with E-state index in [9.17, 15) is 19.5 Å². The molecule has 7 nitrogen and oxygen atoms in total. The molecular formula is C21H27NO6. The Hall–Kier alpha value is -2.83. The van der Waals surface area contributed by atoms with Crippen LogP contribution >= 0.6 is 0 Å². The lowest BCUT2D eigenvalue weighted by Gasteiger charge is -2.20. The number of carboxylic acids is 1. The second-order valence-electron chi connectivity index (χ2n) is 6.81. The number of rotatable bonds is 9. The van der Waals surface area contributed by atoms with Gasteiger partial charge in [-0.1, -0.05) is 26.7 Å². The zero-order valence-corrected chi connectivity index (χ0v) is 16.7. The van der Waals surface area contributed by atoms with Crippen molar-refractivity contribution in [1.29, 1.82) is 0 Å². The molecule has 1 aromatic carbocycles. The molecule has 0 aliphatic rings. The summed E-state index contributed by atoms with van der Waals surface area (Å²) in [6, 6.07) is 4.06. The van der Waals surface area contributed by atoms with Crippen molar-refractivity contribution >= 4 is 22.8 Å². The van der Waals surface area contributed by atoms with Crippen molar-refractivity contribution in [3.63, 3.8) is 0 Å². The molecule has 152 valence electrons. The van der Waals surface area contributed by atoms with E-state index in [2.05, 4.69) is 5.32 Å². The molecule has 0 saturated heterocycles. The molecule has 2 rings (SSSR count). The number of ether oxygens (including phenoxy) is 1. The van der Waals surface area contributed by atoms with Crippen molar-refractivity contribution in [3.8, 4) is 5.75 Å². The number of hydrogen-bond acceptors (Lipinski definition) is 5. The molecular weight excluding hydrogens is 362 g/mol. The van der Waals surface area contributed by atoms with Gasteiger partial charge in [0.1, 0.15) is 17.4 Å². The minimum Gasteiger partial charge on any atom is -0.480 e. The molecule has 0 unspecified atom stereocenters. The van der Waals surface area contributed by atoms with Gasteiger partial charge >= 0.3 is 11.6 Å². The average molecular weight is 389 g/mol. The fourth-order valence-electron chi connectivity index (χ4n) is 3.03. The third-order valence-corrected chi connectivity index (χ3v) is 4.71. The Morgan fingerprint density at radius 2 is 2.00 bits per heavy atom. The van der Waals surface area contributed by atoms with Gasteiger partial charge in [0.25, 0.3) is 5.91 Å². The number of aryl methyl sites for hydroxylation is 2. The first kappa shape index (κ1) is 21.5. The number of aliphatic carboxylic acids is 1. The lowest BCUT2D eigenvalue weighted by atomic mass is 10.0. The van der Waals surface area contributed by atoms with E-state index in [4.69, 9.17) is 9.15 Å². The topological polar surface area (TPSA) is 106 Å². The number of carbonyl (C=O) groups excluding carboxylic acids is 1. The van der Waals surface area contributed by atoms with E-state index in [1.165, 1.54) is 6.07 Å². The van der Waals surface area contributed by atoms with Crippen LogP contribution < -0.4 is 15.7 Å². The summed E-state index contributed by atoms with van der Waals surface area (Å²) in [4.78, 5) is 35.5. The summed E-state index contributed by atoms with van der Waals surface area (Å²) >= 11 is 0. The Morgan fingerprint density at radius 1 is 1.29 bits per heavy atom. The highest BCUT2D eigenvalue weighted by Crippen LogP contribution is 2.29. The van der Waals surface area contributed by atoms with Gasteiger partial charge < -0.3 is 19.6 Å². The zero-order chi connectivity index (χ0) is 20.8. The standard InChI is InChI=1S/C21H27NO6/c1-5-7-8-16(21(25)26)22-20(24)13(4)27-17-10-9-15-14(6-2)11-18(23)28-19(15)12(17)3/h9-11,13,16H,5-8H2,1-4H3,(H,22,24)(H,25,26)/t13-,16-/m0/s1. The van der Waals surface area contributed by atoms with Crippen molar-refractivity contribution in [1.82, 2.24) is 5.32 Å². The summed E-state index contributed by atoms with van der Waals surface area (Å²) in [5, 5.41) is 12.6. The Bertz CT molecular complexity index is 917. The Labute approximate surface area is 163 Å². The normalized spacial score (nSPS) is 13.1. The molecule has 1 aromatic heterocycles. The van der Waals surface area contributed by atoms with Gasteiger partial charge in [0.05, 0.1) is 0 Å². The maximum atomic E-state index is 12.4. The number of benzene rings is 1. The molecule has 7 heteroatoms. The zero-order valence-electron chi connectivity index (χ0n) is 16.7. The fourth-order valence-corrected chi connectivity index (χ4v) is 3.03. The monoisotopic (exact) mass is 389 g/mol. The van der Waals surface area contributed by atoms with Crippen LogP contribution in [-0.4, -0.2) is 29.1 Å². The first-order valence-electron chi connectivity index (χ1n) is 9.54. The molecule has 0 saturated carbocycles. The van der Waals surface area contributed by atoms with Gasteiger partial charge in [0.2, 0.25) is 0 Å². The second kappa shape index (κ2) is 9.39. The maximum Gasteiger partial charge on any atom is 0.336 e. The number of hydrogen-bond donors (Lipinski definition) is 2. The van der Waals surface area contributed by atoms with E-state index in [1.807, 2.05) is 13.8 Å². The minimum atomic E-state index is -1.07. The molecule has 1 heterocycles. The molecule has 0 aliphatic carbocycles. The number of fused-ring (bicyclic) bond motifs is 1. The molecule has 2 atom stereocenters. The smallest absolute Gasteiger partial charge is 0.336 e. The highest BCUT2D eigenvalue weighted by molar-refractivity contribution is 5.87. The van der Waals surface area contributed by atoms with Gasteiger partial charge in [-0.25, -0.2) is 9.59 Å². The van der Waals surface area contributed by atoms with Crippen LogP contribution in [0.15, 0.2) is 27.4 Å². The average Bonchev–Trinajstić information content (AvgIpc) is 2.66. The van der Waals surface area contributed by atoms with Crippen molar-refractivity contribution < 1.29 is 23.8 Å². The summed E-state index contributed by atoms with van der Waals surface area (Å²) in [7, 11) is 0. The maximum absolute atomic E-state index is 12.4. The summed E-state index contributed by atoms with van der Waals surface area (Å²) in [6.07, 6.45) is 1.70. The van der Waals surface area contributed by atoms with Crippen LogP contribution in [-0.2, 0) is 16.0 Å². The van der Waals surface area contributed by atoms with Crippen LogP contribution in [0.5, 0.6) is 5.75 Å². The molecule has 0 spiro atoms. The van der Waals surface area contributed by atoms with Crippen LogP contribution in [0.1, 0.15) is 51.2 Å². The van der Waals surface area contributed by atoms with E-state index in [1.54, 1.807) is 26.0 Å². The number of nitrogens with one attached hydrogen (secondary N) is 1. The van der Waals surface area contributed by atoms with Crippen molar-refractivity contribution in [2.24, 2.45) is 0 Å². The lowest BCUT2D eigenvalue weighted by molar-refractivity contribution is -0.143. The van der Waals surface area contributed by atoms with Crippen LogP contribution in [0.2, 0.25) is 0 Å². The van der Waals surface area contributed by atoms with Crippen LogP contribution in [0.3, 0.4) is 0 Å². The molecule has 2 N–H and O–H groups in total.